The van der Waals surface area contributed by atoms with Gasteiger partial charge in [0.2, 0.25) is 5.91 Å². The summed E-state index contributed by atoms with van der Waals surface area (Å²) in [6, 6.07) is 4.64. The third kappa shape index (κ3) is 3.54. The summed E-state index contributed by atoms with van der Waals surface area (Å²) in [4.78, 5) is 10.9. The molecule has 0 saturated carbocycles. The molecule has 0 heterocycles. The third-order valence-electron chi connectivity index (χ3n) is 2.13. The minimum absolute atomic E-state index is 0.0169. The predicted molar refractivity (Wildman–Crippen MR) is 65.2 cm³/mol. The van der Waals surface area contributed by atoms with Crippen molar-refractivity contribution in [2.75, 3.05) is 6.26 Å². The normalized spacial score (nSPS) is 12.1. The van der Waals surface area contributed by atoms with Crippen molar-refractivity contribution in [3.05, 3.63) is 24.3 Å². The van der Waals surface area contributed by atoms with Gasteiger partial charge in [0.05, 0.1) is 9.79 Å². The zero-order valence-electron chi connectivity index (χ0n) is 9.87. The summed E-state index contributed by atoms with van der Waals surface area (Å²) in [5.74, 6) is -0.623. The molecule has 0 aromatic heterocycles. The van der Waals surface area contributed by atoms with Crippen LogP contribution in [0.25, 0.3) is 0 Å². The zero-order valence-corrected chi connectivity index (χ0v) is 11.5. The van der Waals surface area contributed by atoms with Gasteiger partial charge in [-0.3, -0.25) is 4.79 Å². The third-order valence-corrected chi connectivity index (χ3v) is 4.65. The van der Waals surface area contributed by atoms with E-state index >= 15 is 0 Å². The number of sulfone groups is 1. The summed E-state index contributed by atoms with van der Waals surface area (Å²) in [6.07, 6.45) is 1.07. The molecule has 0 saturated heterocycles. The highest BCUT2D eigenvalue weighted by Gasteiger charge is 2.17. The van der Waals surface area contributed by atoms with Gasteiger partial charge < -0.3 is 0 Å². The van der Waals surface area contributed by atoms with Crippen molar-refractivity contribution in [2.24, 2.45) is 0 Å². The van der Waals surface area contributed by atoms with E-state index in [4.69, 9.17) is 0 Å². The smallest absolute Gasteiger partial charge is 0.264 e. The van der Waals surface area contributed by atoms with Crippen LogP contribution in [0.4, 0.5) is 0 Å². The molecule has 1 rings (SSSR count). The summed E-state index contributed by atoms with van der Waals surface area (Å²) in [7, 11) is -7.30. The first kappa shape index (κ1) is 14.7. The molecule has 0 radical (unpaired) electrons. The van der Waals surface area contributed by atoms with Crippen molar-refractivity contribution in [1.82, 2.24) is 4.72 Å². The number of benzene rings is 1. The molecule has 6 nitrogen and oxygen atoms in total. The maximum Gasteiger partial charge on any atom is 0.264 e. The number of hydrogen-bond donors (Lipinski definition) is 1. The Morgan fingerprint density at radius 2 is 1.50 bits per heavy atom. The molecular formula is C10H13NO5S2. The summed E-state index contributed by atoms with van der Waals surface area (Å²) in [6.45, 7) is 1.53. The monoisotopic (exact) mass is 291 g/mol. The lowest BCUT2D eigenvalue weighted by Gasteiger charge is -2.06. The Morgan fingerprint density at radius 3 is 1.89 bits per heavy atom. The second-order valence-electron chi connectivity index (χ2n) is 3.63. The molecule has 1 N–H and O–H groups in total. The van der Waals surface area contributed by atoms with Gasteiger partial charge >= 0.3 is 0 Å². The topological polar surface area (TPSA) is 97.4 Å². The Balaban J connectivity index is 3.09. The maximum absolute atomic E-state index is 11.7. The van der Waals surface area contributed by atoms with E-state index in [1.54, 1.807) is 0 Å². The van der Waals surface area contributed by atoms with Crippen molar-refractivity contribution < 1.29 is 21.6 Å². The number of carbonyl (C=O) groups is 1. The second kappa shape index (κ2) is 5.07. The summed E-state index contributed by atoms with van der Waals surface area (Å²) < 4.78 is 47.6. The number of amides is 1. The highest BCUT2D eigenvalue weighted by molar-refractivity contribution is 7.91. The van der Waals surface area contributed by atoms with Crippen LogP contribution in [0, 0.1) is 0 Å². The standard InChI is InChI=1S/C10H13NO5S2/c1-3-10(12)11-18(15,16)9-6-4-8(5-7-9)17(2,13)14/h4-7H,3H2,1-2H3,(H,11,12). The number of sulfonamides is 1. The molecular weight excluding hydrogens is 278 g/mol. The molecule has 0 bridgehead atoms. The molecule has 18 heavy (non-hydrogen) atoms. The van der Waals surface area contributed by atoms with Gasteiger partial charge in [0.1, 0.15) is 0 Å². The van der Waals surface area contributed by atoms with Crippen molar-refractivity contribution in [3.63, 3.8) is 0 Å². The number of hydrogen-bond acceptors (Lipinski definition) is 5. The maximum atomic E-state index is 11.7. The van der Waals surface area contributed by atoms with Gasteiger partial charge in [-0.05, 0) is 24.3 Å². The molecule has 0 aliphatic heterocycles. The summed E-state index contributed by atoms with van der Waals surface area (Å²) >= 11 is 0. The van der Waals surface area contributed by atoms with Gasteiger partial charge in [-0.25, -0.2) is 21.6 Å². The van der Waals surface area contributed by atoms with E-state index in [2.05, 4.69) is 0 Å². The van der Waals surface area contributed by atoms with Crippen LogP contribution < -0.4 is 4.72 Å². The van der Waals surface area contributed by atoms with Gasteiger partial charge in [0.15, 0.2) is 9.84 Å². The van der Waals surface area contributed by atoms with Crippen LogP contribution in [0.2, 0.25) is 0 Å². The van der Waals surface area contributed by atoms with Crippen LogP contribution in [-0.4, -0.2) is 29.0 Å². The Bertz CT molecular complexity index is 644. The Labute approximate surface area is 106 Å². The molecule has 1 aromatic rings. The van der Waals surface area contributed by atoms with Crippen molar-refractivity contribution >= 4 is 25.8 Å². The Hall–Kier alpha value is -1.41. The van der Waals surface area contributed by atoms with Gasteiger partial charge in [-0.15, -0.1) is 0 Å². The van der Waals surface area contributed by atoms with Gasteiger partial charge in [0.25, 0.3) is 10.0 Å². The van der Waals surface area contributed by atoms with Crippen LogP contribution in [0.3, 0.4) is 0 Å². The van der Waals surface area contributed by atoms with Crippen molar-refractivity contribution in [2.45, 2.75) is 23.1 Å². The van der Waals surface area contributed by atoms with Crippen molar-refractivity contribution in [1.29, 1.82) is 0 Å². The fourth-order valence-electron chi connectivity index (χ4n) is 1.15. The highest BCUT2D eigenvalue weighted by Crippen LogP contribution is 2.14. The van der Waals surface area contributed by atoms with Gasteiger partial charge in [0, 0.05) is 12.7 Å². The largest absolute Gasteiger partial charge is 0.274 e. The van der Waals surface area contributed by atoms with Crippen LogP contribution >= 0.6 is 0 Å². The minimum atomic E-state index is -3.93. The summed E-state index contributed by atoms with van der Waals surface area (Å²) in [5, 5.41) is 0. The fraction of sp³-hybridized carbons (Fsp3) is 0.300. The molecule has 0 spiro atoms. The molecule has 1 amide bonds. The van der Waals surface area contributed by atoms with E-state index in [9.17, 15) is 21.6 Å². The highest BCUT2D eigenvalue weighted by atomic mass is 32.2. The first-order valence-electron chi connectivity index (χ1n) is 5.02. The van der Waals surface area contributed by atoms with E-state index < -0.39 is 25.8 Å². The van der Waals surface area contributed by atoms with Gasteiger partial charge in [-0.2, -0.15) is 0 Å². The average Bonchev–Trinajstić information content (AvgIpc) is 2.27. The SMILES string of the molecule is CCC(=O)NS(=O)(=O)c1ccc(S(C)(=O)=O)cc1. The van der Waals surface area contributed by atoms with Crippen LogP contribution in [0.5, 0.6) is 0 Å². The average molecular weight is 291 g/mol. The molecule has 0 fully saturated rings. The van der Waals surface area contributed by atoms with E-state index in [-0.39, 0.29) is 16.2 Å². The number of rotatable bonds is 4. The van der Waals surface area contributed by atoms with E-state index in [1.807, 2.05) is 4.72 Å². The zero-order chi connectivity index (χ0) is 14.0. The van der Waals surface area contributed by atoms with Crippen LogP contribution in [0.1, 0.15) is 13.3 Å². The quantitative estimate of drug-likeness (QED) is 0.860. The lowest BCUT2D eigenvalue weighted by atomic mass is 10.4. The van der Waals surface area contributed by atoms with Crippen LogP contribution in [-0.2, 0) is 24.7 Å². The fourth-order valence-corrected chi connectivity index (χ4v) is 2.83. The molecule has 0 atom stereocenters. The number of nitrogens with one attached hydrogen (secondary N) is 1. The second-order valence-corrected chi connectivity index (χ2v) is 7.32. The Kier molecular flexibility index (Phi) is 4.12. The van der Waals surface area contributed by atoms with E-state index in [0.29, 0.717) is 0 Å². The lowest BCUT2D eigenvalue weighted by molar-refractivity contribution is -0.119. The van der Waals surface area contributed by atoms with E-state index in [0.717, 1.165) is 18.4 Å². The molecule has 1 aromatic carbocycles. The molecule has 0 aliphatic rings. The molecule has 8 heteroatoms. The molecule has 0 aliphatic carbocycles. The predicted octanol–water partition coefficient (Wildman–Crippen LogP) is 0.305. The number of carbonyl (C=O) groups excluding carboxylic acids is 1. The first-order valence-corrected chi connectivity index (χ1v) is 8.40. The van der Waals surface area contributed by atoms with E-state index in [1.165, 1.54) is 19.1 Å². The summed E-state index contributed by atoms with van der Waals surface area (Å²) in [5.41, 5.74) is 0. The Morgan fingerprint density at radius 1 is 1.06 bits per heavy atom. The molecule has 100 valence electrons. The minimum Gasteiger partial charge on any atom is -0.274 e. The lowest BCUT2D eigenvalue weighted by Crippen LogP contribution is -2.29. The van der Waals surface area contributed by atoms with Crippen molar-refractivity contribution in [3.8, 4) is 0 Å². The van der Waals surface area contributed by atoms with Crippen LogP contribution in [0.15, 0.2) is 34.1 Å². The first-order chi connectivity index (χ1) is 8.16. The molecule has 0 unspecified atom stereocenters. The van der Waals surface area contributed by atoms with Gasteiger partial charge in [-0.1, -0.05) is 6.92 Å².